The molecule has 0 spiro atoms. The number of ether oxygens (including phenoxy) is 2. The van der Waals surface area contributed by atoms with Crippen LogP contribution in [0.1, 0.15) is 36.1 Å². The number of benzene rings is 1. The molecule has 9 nitrogen and oxygen atoms in total. The van der Waals surface area contributed by atoms with Gasteiger partial charge in [0.2, 0.25) is 5.91 Å². The second-order valence-corrected chi connectivity index (χ2v) is 8.88. The highest BCUT2D eigenvalue weighted by molar-refractivity contribution is 6.01. The van der Waals surface area contributed by atoms with Gasteiger partial charge in [0.25, 0.3) is 0 Å². The smallest absolute Gasteiger partial charge is 0.316 e. The summed E-state index contributed by atoms with van der Waals surface area (Å²) >= 11 is 0. The number of hydrazone groups is 1. The summed E-state index contributed by atoms with van der Waals surface area (Å²) in [5, 5.41) is 13.8. The zero-order valence-corrected chi connectivity index (χ0v) is 19.7. The largest absolute Gasteiger partial charge is 0.458 e. The zero-order valence-electron chi connectivity index (χ0n) is 19.7. The minimum absolute atomic E-state index is 0.00115. The first-order chi connectivity index (χ1) is 16.6. The fourth-order valence-electron chi connectivity index (χ4n) is 4.17. The Morgan fingerprint density at radius 3 is 2.74 bits per heavy atom. The summed E-state index contributed by atoms with van der Waals surface area (Å²) in [6.07, 6.45) is 4.90. The molecular formula is C25H33N5O4. The molecule has 1 aromatic carbocycles. The van der Waals surface area contributed by atoms with E-state index in [1.54, 1.807) is 11.1 Å². The number of hydrogen-bond donors (Lipinski definition) is 2. The van der Waals surface area contributed by atoms with Gasteiger partial charge in [-0.2, -0.15) is 10.1 Å². The number of nitrogens with one attached hydrogen (secondary N) is 1. The third-order valence-electron chi connectivity index (χ3n) is 6.28. The summed E-state index contributed by atoms with van der Waals surface area (Å²) in [6, 6.07) is 10.6. The van der Waals surface area contributed by atoms with Crippen molar-refractivity contribution in [3.8, 4) is 6.01 Å². The van der Waals surface area contributed by atoms with E-state index in [1.807, 2.05) is 6.07 Å². The van der Waals surface area contributed by atoms with Gasteiger partial charge < -0.3 is 24.9 Å². The Morgan fingerprint density at radius 2 is 2.03 bits per heavy atom. The molecule has 182 valence electrons. The van der Waals surface area contributed by atoms with Crippen molar-refractivity contribution in [3.05, 3.63) is 53.3 Å². The van der Waals surface area contributed by atoms with Crippen LogP contribution in [0.25, 0.3) is 0 Å². The first kappa shape index (κ1) is 24.1. The maximum absolute atomic E-state index is 11.7. The van der Waals surface area contributed by atoms with E-state index >= 15 is 0 Å². The lowest BCUT2D eigenvalue weighted by atomic mass is 9.97. The number of amides is 1. The molecule has 2 aliphatic heterocycles. The van der Waals surface area contributed by atoms with E-state index in [2.05, 4.69) is 46.6 Å². The van der Waals surface area contributed by atoms with Gasteiger partial charge in [-0.25, -0.2) is 4.98 Å². The molecule has 1 aromatic heterocycles. The second-order valence-electron chi connectivity index (χ2n) is 8.88. The van der Waals surface area contributed by atoms with Crippen LogP contribution in [-0.2, 0) is 16.0 Å². The maximum Gasteiger partial charge on any atom is 0.316 e. The lowest BCUT2D eigenvalue weighted by molar-refractivity contribution is -0.135. The minimum atomic E-state index is -0.419. The number of carbonyl (C=O) groups excluding carboxylic acids is 1. The van der Waals surface area contributed by atoms with Crippen molar-refractivity contribution in [2.75, 3.05) is 39.5 Å². The Hall–Kier alpha value is -3.04. The van der Waals surface area contributed by atoms with Crippen LogP contribution < -0.4 is 10.2 Å². The molecule has 1 amide bonds. The molecule has 0 radical (unpaired) electrons. The van der Waals surface area contributed by atoms with Crippen LogP contribution in [0.2, 0.25) is 0 Å². The number of carbonyl (C=O) groups is 1. The van der Waals surface area contributed by atoms with Crippen molar-refractivity contribution in [3.63, 3.8) is 0 Å². The van der Waals surface area contributed by atoms with Gasteiger partial charge in [0, 0.05) is 38.7 Å². The van der Waals surface area contributed by atoms with E-state index in [0.29, 0.717) is 44.7 Å². The van der Waals surface area contributed by atoms with E-state index in [4.69, 9.17) is 19.7 Å². The monoisotopic (exact) mass is 467 g/mol. The van der Waals surface area contributed by atoms with Gasteiger partial charge >= 0.3 is 6.01 Å². The van der Waals surface area contributed by atoms with Gasteiger partial charge in [-0.15, -0.1) is 0 Å². The SMILES string of the molecule is Cc1ccc(/C(Cc2ccnc(O[C@H]3CCOC3)n2)=N/NCC2CCN(C(=O)CO)CC2)cc1. The van der Waals surface area contributed by atoms with Crippen LogP contribution in [0.5, 0.6) is 6.01 Å². The minimum Gasteiger partial charge on any atom is -0.458 e. The summed E-state index contributed by atoms with van der Waals surface area (Å²) in [5.74, 6) is 0.234. The van der Waals surface area contributed by atoms with E-state index < -0.39 is 6.61 Å². The van der Waals surface area contributed by atoms with Crippen LogP contribution in [-0.4, -0.2) is 77.2 Å². The molecule has 0 saturated carbocycles. The zero-order chi connectivity index (χ0) is 23.8. The highest BCUT2D eigenvalue weighted by Crippen LogP contribution is 2.17. The lowest BCUT2D eigenvalue weighted by Crippen LogP contribution is -2.41. The van der Waals surface area contributed by atoms with Crippen LogP contribution in [0.15, 0.2) is 41.6 Å². The van der Waals surface area contributed by atoms with Crippen LogP contribution >= 0.6 is 0 Å². The fourth-order valence-corrected chi connectivity index (χ4v) is 4.17. The Kier molecular flexibility index (Phi) is 8.43. The number of aromatic nitrogens is 2. The third-order valence-corrected chi connectivity index (χ3v) is 6.28. The highest BCUT2D eigenvalue weighted by atomic mass is 16.6. The van der Waals surface area contributed by atoms with E-state index in [0.717, 1.165) is 42.8 Å². The first-order valence-corrected chi connectivity index (χ1v) is 11.9. The normalized spacial score (nSPS) is 19.3. The molecule has 2 saturated heterocycles. The number of aliphatic hydroxyl groups excluding tert-OH is 1. The average Bonchev–Trinajstić information content (AvgIpc) is 3.37. The Bertz CT molecular complexity index is 968. The summed E-state index contributed by atoms with van der Waals surface area (Å²) in [6.45, 7) is 5.00. The molecule has 34 heavy (non-hydrogen) atoms. The van der Waals surface area contributed by atoms with Crippen molar-refractivity contribution < 1.29 is 19.4 Å². The molecule has 9 heteroatoms. The third kappa shape index (κ3) is 6.74. The van der Waals surface area contributed by atoms with Crippen LogP contribution in [0, 0.1) is 12.8 Å². The Morgan fingerprint density at radius 1 is 1.24 bits per heavy atom. The summed E-state index contributed by atoms with van der Waals surface area (Å²) < 4.78 is 11.2. The quantitative estimate of drug-likeness (QED) is 0.427. The molecule has 2 aliphatic rings. The van der Waals surface area contributed by atoms with Gasteiger partial charge in [-0.3, -0.25) is 4.79 Å². The van der Waals surface area contributed by atoms with Crippen LogP contribution in [0.4, 0.5) is 0 Å². The molecule has 2 N–H and O–H groups in total. The predicted octanol–water partition coefficient (Wildman–Crippen LogP) is 1.72. The Balaban J connectivity index is 1.40. The van der Waals surface area contributed by atoms with E-state index in [9.17, 15) is 4.79 Å². The molecule has 1 atom stereocenters. The molecule has 0 aliphatic carbocycles. The lowest BCUT2D eigenvalue weighted by Gasteiger charge is -2.31. The Labute approximate surface area is 200 Å². The van der Waals surface area contributed by atoms with Crippen molar-refractivity contribution >= 4 is 11.6 Å². The summed E-state index contributed by atoms with van der Waals surface area (Å²) in [5.41, 5.74) is 7.21. The molecule has 3 heterocycles. The topological polar surface area (TPSA) is 109 Å². The number of rotatable bonds is 9. The van der Waals surface area contributed by atoms with Crippen molar-refractivity contribution in [2.45, 2.75) is 38.7 Å². The number of aryl methyl sites for hydroxylation is 1. The number of likely N-dealkylation sites (tertiary alicyclic amines) is 1. The number of aliphatic hydroxyl groups is 1. The van der Waals surface area contributed by atoms with Gasteiger partial charge in [0.1, 0.15) is 12.7 Å². The van der Waals surface area contributed by atoms with Gasteiger partial charge in [0.15, 0.2) is 0 Å². The molecule has 0 bridgehead atoms. The average molecular weight is 468 g/mol. The summed E-state index contributed by atoms with van der Waals surface area (Å²) in [4.78, 5) is 22.2. The first-order valence-electron chi connectivity index (χ1n) is 11.9. The maximum atomic E-state index is 11.7. The van der Waals surface area contributed by atoms with Crippen molar-refractivity contribution in [1.82, 2.24) is 20.3 Å². The van der Waals surface area contributed by atoms with E-state index in [-0.39, 0.29) is 12.0 Å². The second kappa shape index (κ2) is 11.9. The predicted molar refractivity (Wildman–Crippen MR) is 128 cm³/mol. The van der Waals surface area contributed by atoms with Crippen LogP contribution in [0.3, 0.4) is 0 Å². The number of hydrogen-bond acceptors (Lipinski definition) is 8. The van der Waals surface area contributed by atoms with Gasteiger partial charge in [0.05, 0.1) is 24.6 Å². The molecular weight excluding hydrogens is 434 g/mol. The van der Waals surface area contributed by atoms with Gasteiger partial charge in [-0.1, -0.05) is 29.8 Å². The van der Waals surface area contributed by atoms with E-state index in [1.165, 1.54) is 5.56 Å². The fraction of sp³-hybridized carbons (Fsp3) is 0.520. The standard InChI is InChI=1S/C25H33N5O4/c1-18-2-4-20(5-3-18)23(29-27-15-19-7-11-30(12-8-19)24(32)16-31)14-21-6-10-26-25(28-21)34-22-9-13-33-17-22/h2-6,10,19,22,27,31H,7-9,11-17H2,1H3/b29-23+/t22-/m0/s1. The molecule has 4 rings (SSSR count). The molecule has 2 aromatic rings. The molecule has 2 fully saturated rings. The number of nitrogens with zero attached hydrogens (tertiary/aromatic N) is 4. The summed E-state index contributed by atoms with van der Waals surface area (Å²) in [7, 11) is 0. The molecule has 0 unspecified atom stereocenters. The van der Waals surface area contributed by atoms with Crippen molar-refractivity contribution in [1.29, 1.82) is 0 Å². The van der Waals surface area contributed by atoms with Gasteiger partial charge in [-0.05, 0) is 37.3 Å². The highest BCUT2D eigenvalue weighted by Gasteiger charge is 2.22. The van der Waals surface area contributed by atoms with Crippen molar-refractivity contribution in [2.24, 2.45) is 11.0 Å². The number of piperidine rings is 1.